The minimum absolute atomic E-state index is 0.0885. The molecule has 0 aliphatic rings. The molecule has 19 heavy (non-hydrogen) atoms. The number of nitrogens with two attached hydrogens (primary N) is 1. The first-order chi connectivity index (χ1) is 9.04. The van der Waals surface area contributed by atoms with Crippen molar-refractivity contribution >= 4 is 11.6 Å². The van der Waals surface area contributed by atoms with Gasteiger partial charge in [0.1, 0.15) is 11.5 Å². The third-order valence-electron chi connectivity index (χ3n) is 2.69. The number of aryl methyl sites for hydroxylation is 1. The molecule has 3 nitrogen and oxygen atoms in total. The van der Waals surface area contributed by atoms with Gasteiger partial charge in [-0.25, -0.2) is 0 Å². The average molecular weight is 277 g/mol. The van der Waals surface area contributed by atoms with Crippen molar-refractivity contribution in [3.8, 4) is 11.5 Å². The maximum Gasteiger partial charge on any atom is 0.145 e. The lowest BCUT2D eigenvalue weighted by molar-refractivity contribution is 0.479. The second-order valence-electron chi connectivity index (χ2n) is 4.67. The smallest absolute Gasteiger partial charge is 0.145 e. The molecular formula is C15H17ClN2O. The van der Waals surface area contributed by atoms with Crippen LogP contribution < -0.4 is 10.5 Å². The molecule has 0 bridgehead atoms. The fourth-order valence-corrected chi connectivity index (χ4v) is 2.00. The average Bonchev–Trinajstić information content (AvgIpc) is 2.35. The van der Waals surface area contributed by atoms with Crippen LogP contribution in [-0.2, 0) is 6.42 Å². The van der Waals surface area contributed by atoms with E-state index in [2.05, 4.69) is 4.98 Å². The molecule has 0 fully saturated rings. The zero-order valence-electron chi connectivity index (χ0n) is 11.1. The lowest BCUT2D eigenvalue weighted by Crippen LogP contribution is -2.17. The fraction of sp³-hybridized carbons (Fsp3) is 0.267. The summed E-state index contributed by atoms with van der Waals surface area (Å²) in [4.78, 5) is 4.18. The van der Waals surface area contributed by atoms with Crippen molar-refractivity contribution < 1.29 is 4.74 Å². The summed E-state index contributed by atoms with van der Waals surface area (Å²) >= 11 is 6.21. The summed E-state index contributed by atoms with van der Waals surface area (Å²) in [7, 11) is 0. The van der Waals surface area contributed by atoms with Crippen molar-refractivity contribution in [2.45, 2.75) is 26.3 Å². The number of hydrogen-bond acceptors (Lipinski definition) is 3. The molecule has 1 aromatic heterocycles. The molecule has 2 rings (SSSR count). The Morgan fingerprint density at radius 3 is 2.58 bits per heavy atom. The number of nitrogens with zero attached hydrogens (tertiary/aromatic N) is 1. The van der Waals surface area contributed by atoms with Crippen molar-refractivity contribution in [1.29, 1.82) is 0 Å². The van der Waals surface area contributed by atoms with Gasteiger partial charge in [0.25, 0.3) is 0 Å². The van der Waals surface area contributed by atoms with Crippen LogP contribution in [0.4, 0.5) is 0 Å². The molecule has 1 aromatic carbocycles. The quantitative estimate of drug-likeness (QED) is 0.926. The molecule has 1 heterocycles. The second-order valence-corrected chi connectivity index (χ2v) is 5.08. The highest BCUT2D eigenvalue weighted by Gasteiger charge is 2.06. The molecule has 0 aliphatic carbocycles. The first kappa shape index (κ1) is 13.8. The van der Waals surface area contributed by atoms with Gasteiger partial charge in [-0.1, -0.05) is 17.7 Å². The second kappa shape index (κ2) is 6.04. The van der Waals surface area contributed by atoms with Crippen LogP contribution in [0.5, 0.6) is 11.5 Å². The van der Waals surface area contributed by atoms with Gasteiger partial charge in [0, 0.05) is 16.8 Å². The van der Waals surface area contributed by atoms with Gasteiger partial charge in [-0.3, -0.25) is 4.98 Å². The largest absolute Gasteiger partial charge is 0.456 e. The number of halogens is 1. The summed E-state index contributed by atoms with van der Waals surface area (Å²) in [5.41, 5.74) is 7.76. The molecular weight excluding hydrogens is 260 g/mol. The van der Waals surface area contributed by atoms with Gasteiger partial charge in [0.15, 0.2) is 0 Å². The molecule has 1 unspecified atom stereocenters. The van der Waals surface area contributed by atoms with Crippen LogP contribution >= 0.6 is 11.6 Å². The lowest BCUT2D eigenvalue weighted by atomic mass is 10.1. The molecule has 0 saturated carbocycles. The molecule has 100 valence electrons. The van der Waals surface area contributed by atoms with Crippen LogP contribution in [0.15, 0.2) is 36.5 Å². The SMILES string of the molecule is Cc1ccc(Oc2ccc(CC(C)N)c(Cl)c2)cn1. The maximum atomic E-state index is 6.21. The van der Waals surface area contributed by atoms with E-state index >= 15 is 0 Å². The summed E-state index contributed by atoms with van der Waals surface area (Å²) in [5.74, 6) is 1.39. The van der Waals surface area contributed by atoms with Crippen molar-refractivity contribution in [2.75, 3.05) is 0 Å². The monoisotopic (exact) mass is 276 g/mol. The van der Waals surface area contributed by atoms with Gasteiger partial charge in [0.2, 0.25) is 0 Å². The number of rotatable bonds is 4. The van der Waals surface area contributed by atoms with Gasteiger partial charge >= 0.3 is 0 Å². The molecule has 0 amide bonds. The van der Waals surface area contributed by atoms with Crippen molar-refractivity contribution in [3.63, 3.8) is 0 Å². The van der Waals surface area contributed by atoms with Crippen LogP contribution in [-0.4, -0.2) is 11.0 Å². The van der Waals surface area contributed by atoms with E-state index in [-0.39, 0.29) is 6.04 Å². The molecule has 2 N–H and O–H groups in total. The summed E-state index contributed by atoms with van der Waals surface area (Å²) in [5, 5.41) is 0.676. The third-order valence-corrected chi connectivity index (χ3v) is 3.04. The Labute approximate surface area is 118 Å². The van der Waals surface area contributed by atoms with E-state index in [1.807, 2.05) is 38.1 Å². The number of pyridine rings is 1. The molecule has 0 radical (unpaired) electrons. The Hall–Kier alpha value is -1.58. The van der Waals surface area contributed by atoms with Gasteiger partial charge in [-0.05, 0) is 50.1 Å². The van der Waals surface area contributed by atoms with E-state index in [4.69, 9.17) is 22.1 Å². The van der Waals surface area contributed by atoms with Crippen molar-refractivity contribution in [2.24, 2.45) is 5.73 Å². The Kier molecular flexibility index (Phi) is 4.40. The van der Waals surface area contributed by atoms with Crippen LogP contribution in [0.2, 0.25) is 5.02 Å². The fourth-order valence-electron chi connectivity index (χ4n) is 1.75. The van der Waals surface area contributed by atoms with Gasteiger partial charge < -0.3 is 10.5 Å². The van der Waals surface area contributed by atoms with E-state index < -0.39 is 0 Å². The zero-order chi connectivity index (χ0) is 13.8. The van der Waals surface area contributed by atoms with Gasteiger partial charge in [0.05, 0.1) is 6.20 Å². The van der Waals surface area contributed by atoms with E-state index in [0.29, 0.717) is 16.5 Å². The molecule has 0 saturated heterocycles. The zero-order valence-corrected chi connectivity index (χ0v) is 11.8. The molecule has 4 heteroatoms. The van der Waals surface area contributed by atoms with E-state index in [1.54, 1.807) is 12.3 Å². The topological polar surface area (TPSA) is 48.1 Å². The molecule has 0 spiro atoms. The van der Waals surface area contributed by atoms with E-state index in [1.165, 1.54) is 0 Å². The molecule has 0 aliphatic heterocycles. The predicted molar refractivity (Wildman–Crippen MR) is 77.9 cm³/mol. The number of benzene rings is 1. The Balaban J connectivity index is 2.13. The van der Waals surface area contributed by atoms with Crippen LogP contribution in [0, 0.1) is 6.92 Å². The van der Waals surface area contributed by atoms with Crippen molar-refractivity contribution in [1.82, 2.24) is 4.98 Å². The van der Waals surface area contributed by atoms with Crippen LogP contribution in [0.25, 0.3) is 0 Å². The predicted octanol–water partition coefficient (Wildman–Crippen LogP) is 3.73. The highest BCUT2D eigenvalue weighted by Crippen LogP contribution is 2.27. The Morgan fingerprint density at radius 2 is 2.00 bits per heavy atom. The van der Waals surface area contributed by atoms with Gasteiger partial charge in [-0.2, -0.15) is 0 Å². The third kappa shape index (κ3) is 3.94. The number of aromatic nitrogens is 1. The first-order valence-electron chi connectivity index (χ1n) is 6.19. The number of hydrogen-bond donors (Lipinski definition) is 1. The van der Waals surface area contributed by atoms with Crippen molar-refractivity contribution in [3.05, 3.63) is 52.8 Å². The Morgan fingerprint density at radius 1 is 1.26 bits per heavy atom. The minimum atomic E-state index is 0.0885. The number of ether oxygens (including phenoxy) is 1. The highest BCUT2D eigenvalue weighted by atomic mass is 35.5. The minimum Gasteiger partial charge on any atom is -0.456 e. The van der Waals surface area contributed by atoms with E-state index in [9.17, 15) is 0 Å². The first-order valence-corrected chi connectivity index (χ1v) is 6.57. The molecule has 2 aromatic rings. The Bertz CT molecular complexity index is 553. The standard InChI is InChI=1S/C15H17ClN2O/c1-10(17)7-12-4-6-13(8-15(12)16)19-14-5-3-11(2)18-9-14/h3-6,8-10H,7,17H2,1-2H3. The van der Waals surface area contributed by atoms with E-state index in [0.717, 1.165) is 17.7 Å². The maximum absolute atomic E-state index is 6.21. The molecule has 1 atom stereocenters. The van der Waals surface area contributed by atoms with Crippen LogP contribution in [0.3, 0.4) is 0 Å². The summed E-state index contributed by atoms with van der Waals surface area (Å²) in [6.45, 7) is 3.89. The van der Waals surface area contributed by atoms with Crippen LogP contribution in [0.1, 0.15) is 18.2 Å². The lowest BCUT2D eigenvalue weighted by Gasteiger charge is -2.10. The summed E-state index contributed by atoms with van der Waals surface area (Å²) in [6, 6.07) is 9.52. The normalized spacial score (nSPS) is 12.2. The summed E-state index contributed by atoms with van der Waals surface area (Å²) in [6.07, 6.45) is 2.45. The summed E-state index contributed by atoms with van der Waals surface area (Å²) < 4.78 is 5.70. The highest BCUT2D eigenvalue weighted by molar-refractivity contribution is 6.31. The van der Waals surface area contributed by atoms with Gasteiger partial charge in [-0.15, -0.1) is 0 Å².